The van der Waals surface area contributed by atoms with Gasteiger partial charge in [-0.2, -0.15) is 13.7 Å². The average molecular weight is 662 g/mol. The van der Waals surface area contributed by atoms with Crippen LogP contribution in [0.1, 0.15) is 16.1 Å². The van der Waals surface area contributed by atoms with E-state index in [0.29, 0.717) is 28.1 Å². The molecule has 2 N–H and O–H groups in total. The maximum atomic E-state index is 14.7. The molecule has 1 atom stereocenters. The zero-order valence-electron chi connectivity index (χ0n) is 25.1. The summed E-state index contributed by atoms with van der Waals surface area (Å²) in [6.45, 7) is -0.234. The highest BCUT2D eigenvalue weighted by molar-refractivity contribution is 7.85. The lowest BCUT2D eigenvalue weighted by Crippen LogP contribution is -2.57. The van der Waals surface area contributed by atoms with Gasteiger partial charge in [0, 0.05) is 43.8 Å². The van der Waals surface area contributed by atoms with Crippen LogP contribution in [0.2, 0.25) is 0 Å². The Morgan fingerprint density at radius 2 is 1.98 bits per heavy atom. The molecular weight excluding hydrogens is 633 g/mol. The fraction of sp³-hybridized carbons (Fsp3) is 0.226. The Kier molecular flexibility index (Phi) is 9.59. The van der Waals surface area contributed by atoms with Gasteiger partial charge in [-0.15, -0.1) is 0 Å². The summed E-state index contributed by atoms with van der Waals surface area (Å²) in [4.78, 5) is 41.0. The number of ether oxygens (including phenoxy) is 1. The predicted octanol–water partition coefficient (Wildman–Crippen LogP) is 3.62. The van der Waals surface area contributed by atoms with Crippen molar-refractivity contribution in [2.75, 3.05) is 49.8 Å². The third-order valence-corrected chi connectivity index (χ3v) is 7.91. The molecule has 2 amide bonds. The van der Waals surface area contributed by atoms with Crippen molar-refractivity contribution in [3.63, 3.8) is 0 Å². The van der Waals surface area contributed by atoms with E-state index in [-0.39, 0.29) is 42.5 Å². The third-order valence-electron chi connectivity index (χ3n) is 7.35. The lowest BCUT2D eigenvalue weighted by molar-refractivity contribution is 0.0980. The van der Waals surface area contributed by atoms with Gasteiger partial charge in [-0.1, -0.05) is 12.1 Å². The van der Waals surface area contributed by atoms with Crippen LogP contribution < -0.4 is 15.0 Å². The Balaban J connectivity index is 1.53. The molecule has 0 spiro atoms. The molecular formula is C31H28FN7O7S. The fourth-order valence-electron chi connectivity index (χ4n) is 5.14. The lowest BCUT2D eigenvalue weighted by Gasteiger charge is -2.41. The first-order valence-electron chi connectivity index (χ1n) is 14.0. The molecule has 0 unspecified atom stereocenters. The molecule has 4 aromatic rings. The van der Waals surface area contributed by atoms with Crippen molar-refractivity contribution in [1.29, 1.82) is 5.26 Å². The highest BCUT2D eigenvalue weighted by atomic mass is 32.2. The van der Waals surface area contributed by atoms with Gasteiger partial charge in [-0.3, -0.25) is 18.9 Å². The number of carbonyl (C=O) groups excluding carboxylic acids is 1. The van der Waals surface area contributed by atoms with Crippen LogP contribution in [-0.2, 0) is 14.3 Å². The molecule has 0 saturated carbocycles. The highest BCUT2D eigenvalue weighted by Gasteiger charge is 2.33. The van der Waals surface area contributed by atoms with Crippen molar-refractivity contribution in [3.8, 4) is 34.3 Å². The third kappa shape index (κ3) is 7.43. The predicted molar refractivity (Wildman–Crippen MR) is 168 cm³/mol. The number of pyridine rings is 1. The number of amides is 2. The van der Waals surface area contributed by atoms with Gasteiger partial charge in [0.25, 0.3) is 16.0 Å². The first kappa shape index (κ1) is 32.7. The molecule has 0 radical (unpaired) electrons. The van der Waals surface area contributed by atoms with E-state index in [2.05, 4.69) is 26.3 Å². The number of nitrogens with zero attached hydrogens (tertiary/aromatic N) is 6. The first-order chi connectivity index (χ1) is 22.5. The van der Waals surface area contributed by atoms with E-state index >= 15 is 0 Å². The van der Waals surface area contributed by atoms with E-state index in [9.17, 15) is 32.8 Å². The van der Waals surface area contributed by atoms with Gasteiger partial charge >= 0.3 is 6.09 Å². The van der Waals surface area contributed by atoms with Crippen molar-refractivity contribution in [1.82, 2.24) is 19.9 Å². The molecule has 2 aromatic carbocycles. The Morgan fingerprint density at radius 1 is 1.17 bits per heavy atom. The number of piperazine rings is 1. The van der Waals surface area contributed by atoms with E-state index in [1.54, 1.807) is 35.2 Å². The molecule has 1 fully saturated rings. The van der Waals surface area contributed by atoms with Gasteiger partial charge in [0.15, 0.2) is 5.82 Å². The van der Waals surface area contributed by atoms with E-state index in [1.807, 2.05) is 0 Å². The first-order valence-corrected chi connectivity index (χ1v) is 15.9. The number of carboxylic acid groups (broad SMARTS) is 1. The molecule has 242 valence electrons. The number of benzene rings is 2. The van der Waals surface area contributed by atoms with Gasteiger partial charge in [0.2, 0.25) is 0 Å². The van der Waals surface area contributed by atoms with Crippen LogP contribution in [0.4, 0.5) is 20.6 Å². The van der Waals surface area contributed by atoms with E-state index in [0.717, 1.165) is 11.2 Å². The van der Waals surface area contributed by atoms with Crippen LogP contribution in [0.3, 0.4) is 0 Å². The van der Waals surface area contributed by atoms with Crippen molar-refractivity contribution < 1.29 is 36.4 Å². The number of anilines is 2. The molecule has 1 aliphatic rings. The van der Waals surface area contributed by atoms with E-state index in [4.69, 9.17) is 8.92 Å². The number of nitrogens with one attached hydrogen (secondary N) is 1. The second-order valence-electron chi connectivity index (χ2n) is 10.4. The van der Waals surface area contributed by atoms with Crippen LogP contribution >= 0.6 is 0 Å². The highest BCUT2D eigenvalue weighted by Crippen LogP contribution is 2.35. The van der Waals surface area contributed by atoms with Crippen LogP contribution in [-0.4, -0.2) is 91.0 Å². The molecule has 3 heterocycles. The number of hydrogen-bond donors (Lipinski definition) is 2. The lowest BCUT2D eigenvalue weighted by atomic mass is 10.0. The van der Waals surface area contributed by atoms with Crippen LogP contribution in [0.25, 0.3) is 22.5 Å². The second-order valence-corrected chi connectivity index (χ2v) is 12.0. The quantitative estimate of drug-likeness (QED) is 0.248. The summed E-state index contributed by atoms with van der Waals surface area (Å²) < 4.78 is 48.4. The SMILES string of the molecule is COc1cccc(F)c1-c1nccc(C(=O)Nc2ccc(-c3cnccc3C#N)cc2N2CCN(C(=O)O)[C@@H](COS(C)(=O)=O)C2)n1. The number of halogens is 1. The normalized spacial score (nSPS) is 14.7. The molecule has 16 heteroatoms. The summed E-state index contributed by atoms with van der Waals surface area (Å²) in [6, 6.07) is 13.4. The Morgan fingerprint density at radius 3 is 2.70 bits per heavy atom. The topological polar surface area (TPSA) is 188 Å². The molecule has 47 heavy (non-hydrogen) atoms. The van der Waals surface area contributed by atoms with Crippen LogP contribution in [0, 0.1) is 17.1 Å². The number of nitriles is 1. The van der Waals surface area contributed by atoms with E-state index in [1.165, 1.54) is 43.9 Å². The van der Waals surface area contributed by atoms with Crippen molar-refractivity contribution in [2.45, 2.75) is 6.04 Å². The Hall–Kier alpha value is -5.66. The standard InChI is InChI=1S/C31H28FN7O7S/c1-45-27-5-3-4-23(32)28(27)29-35-11-9-25(36-29)30(40)37-24-7-6-19(22-16-34-10-8-20(22)15-33)14-26(24)38-12-13-39(31(41)42)21(17-38)18-46-47(2,43)44/h3-11,14,16,21H,12-13,17-18H2,1-2H3,(H,37,40)(H,41,42)/t21-/m1/s1. The number of aromatic nitrogens is 3. The molecule has 5 rings (SSSR count). The van der Waals surface area contributed by atoms with Gasteiger partial charge in [-0.05, 0) is 42.0 Å². The monoisotopic (exact) mass is 661 g/mol. The summed E-state index contributed by atoms with van der Waals surface area (Å²) in [7, 11) is -2.49. The summed E-state index contributed by atoms with van der Waals surface area (Å²) in [6.07, 6.45) is 3.96. The molecule has 0 bridgehead atoms. The van der Waals surface area contributed by atoms with Crippen LogP contribution in [0.15, 0.2) is 67.1 Å². The summed E-state index contributed by atoms with van der Waals surface area (Å²) >= 11 is 0. The molecule has 0 aliphatic carbocycles. The summed E-state index contributed by atoms with van der Waals surface area (Å²) in [5.74, 6) is -1.18. The van der Waals surface area contributed by atoms with Gasteiger partial charge < -0.3 is 20.1 Å². The zero-order valence-corrected chi connectivity index (χ0v) is 25.9. The number of carbonyl (C=O) groups is 2. The van der Waals surface area contributed by atoms with Crippen molar-refractivity contribution in [2.24, 2.45) is 0 Å². The smallest absolute Gasteiger partial charge is 0.407 e. The number of hydrogen-bond acceptors (Lipinski definition) is 11. The minimum absolute atomic E-state index is 0.000810. The van der Waals surface area contributed by atoms with Gasteiger partial charge in [0.1, 0.15) is 17.3 Å². The second kappa shape index (κ2) is 13.8. The minimum Gasteiger partial charge on any atom is -0.496 e. The Labute approximate surface area is 269 Å². The van der Waals surface area contributed by atoms with Gasteiger partial charge in [-0.25, -0.2) is 19.2 Å². The van der Waals surface area contributed by atoms with Crippen molar-refractivity contribution >= 4 is 33.5 Å². The number of rotatable bonds is 9. The maximum Gasteiger partial charge on any atom is 0.407 e. The zero-order chi connectivity index (χ0) is 33.7. The molecule has 1 aliphatic heterocycles. The van der Waals surface area contributed by atoms with E-state index < -0.39 is 40.6 Å². The molecule has 14 nitrogen and oxygen atoms in total. The van der Waals surface area contributed by atoms with Crippen molar-refractivity contribution in [3.05, 3.63) is 84.2 Å². The Bertz CT molecular complexity index is 1990. The average Bonchev–Trinajstić information content (AvgIpc) is 3.06. The molecule has 2 aromatic heterocycles. The van der Waals surface area contributed by atoms with Crippen LogP contribution in [0.5, 0.6) is 5.75 Å². The largest absolute Gasteiger partial charge is 0.496 e. The maximum absolute atomic E-state index is 14.7. The fourth-order valence-corrected chi connectivity index (χ4v) is 5.55. The number of methoxy groups -OCH3 is 1. The summed E-state index contributed by atoms with van der Waals surface area (Å²) in [5, 5.41) is 22.3. The van der Waals surface area contributed by atoms with Gasteiger partial charge in [0.05, 0.1) is 54.6 Å². The minimum atomic E-state index is -3.87. The molecule has 1 saturated heterocycles. The summed E-state index contributed by atoms with van der Waals surface area (Å²) in [5.41, 5.74) is 2.12.